The third-order valence-electron chi connectivity index (χ3n) is 2.28. The van der Waals surface area contributed by atoms with Crippen molar-refractivity contribution in [2.45, 2.75) is 13.5 Å². The Labute approximate surface area is 107 Å². The normalized spacial score (nSPS) is 10.8. The fourth-order valence-corrected chi connectivity index (χ4v) is 2.11. The molecule has 5 heteroatoms. The topological polar surface area (TPSA) is 43.8 Å². The van der Waals surface area contributed by atoms with Gasteiger partial charge in [0, 0.05) is 17.2 Å². The highest BCUT2D eigenvalue weighted by Gasteiger charge is 2.05. The second-order valence-electron chi connectivity index (χ2n) is 3.53. The lowest BCUT2D eigenvalue weighted by atomic mass is 10.2. The zero-order chi connectivity index (χ0) is 11.7. The van der Waals surface area contributed by atoms with Crippen LogP contribution in [0.3, 0.4) is 0 Å². The van der Waals surface area contributed by atoms with E-state index < -0.39 is 0 Å². The number of nitrogens with two attached hydrogens (primary N) is 1. The van der Waals surface area contributed by atoms with Crippen LogP contribution in [0, 0.1) is 6.92 Å². The summed E-state index contributed by atoms with van der Waals surface area (Å²) >= 11 is 9.42. The van der Waals surface area contributed by atoms with Crippen LogP contribution in [0.15, 0.2) is 28.9 Å². The predicted molar refractivity (Wildman–Crippen MR) is 68.9 cm³/mol. The molecule has 1 heterocycles. The number of hydrogen-bond acceptors (Lipinski definition) is 2. The Morgan fingerprint density at radius 1 is 1.44 bits per heavy atom. The van der Waals surface area contributed by atoms with Crippen LogP contribution in [-0.4, -0.2) is 9.78 Å². The third-order valence-corrected chi connectivity index (χ3v) is 3.11. The van der Waals surface area contributed by atoms with Gasteiger partial charge in [0.15, 0.2) is 0 Å². The molecular formula is C11H11BrClN3. The Kier molecular flexibility index (Phi) is 3.33. The molecule has 2 N–H and O–H groups in total. The Hall–Kier alpha value is -0.840. The summed E-state index contributed by atoms with van der Waals surface area (Å²) in [5, 5.41) is 4.98. The highest BCUT2D eigenvalue weighted by Crippen LogP contribution is 2.21. The molecule has 1 aromatic heterocycles. The molecule has 0 aliphatic heterocycles. The van der Waals surface area contributed by atoms with Crippen molar-refractivity contribution in [2.24, 2.45) is 5.73 Å². The molecule has 0 unspecified atom stereocenters. The van der Waals surface area contributed by atoms with E-state index in [0.717, 1.165) is 21.4 Å². The first-order valence-corrected chi connectivity index (χ1v) is 5.99. The summed E-state index contributed by atoms with van der Waals surface area (Å²) in [6.45, 7) is 2.38. The van der Waals surface area contributed by atoms with Crippen molar-refractivity contribution in [1.82, 2.24) is 9.78 Å². The van der Waals surface area contributed by atoms with E-state index in [-0.39, 0.29) is 0 Å². The second-order valence-corrected chi connectivity index (χ2v) is 4.85. The van der Waals surface area contributed by atoms with Gasteiger partial charge in [0.25, 0.3) is 0 Å². The minimum Gasteiger partial charge on any atom is -0.326 e. The molecular weight excluding hydrogens is 289 g/mol. The Balaban J connectivity index is 2.50. The number of hydrogen-bond donors (Lipinski definition) is 1. The summed E-state index contributed by atoms with van der Waals surface area (Å²) in [6.07, 6.45) is 1.79. The lowest BCUT2D eigenvalue weighted by Crippen LogP contribution is -2.00. The Bertz CT molecular complexity index is 502. The van der Waals surface area contributed by atoms with Crippen molar-refractivity contribution in [1.29, 1.82) is 0 Å². The van der Waals surface area contributed by atoms with E-state index in [1.807, 2.05) is 25.1 Å². The molecule has 0 saturated heterocycles. The molecule has 0 radical (unpaired) electrons. The summed E-state index contributed by atoms with van der Waals surface area (Å²) in [5.74, 6) is 0. The lowest BCUT2D eigenvalue weighted by Gasteiger charge is -2.05. The highest BCUT2D eigenvalue weighted by atomic mass is 79.9. The smallest absolute Gasteiger partial charge is 0.0819 e. The van der Waals surface area contributed by atoms with E-state index in [9.17, 15) is 0 Å². The zero-order valence-electron chi connectivity index (χ0n) is 8.74. The molecule has 0 atom stereocenters. The maximum atomic E-state index is 5.97. The number of aryl methyl sites for hydroxylation is 1. The molecule has 0 aliphatic rings. The van der Waals surface area contributed by atoms with Gasteiger partial charge in [-0.2, -0.15) is 5.10 Å². The number of benzene rings is 1. The fraction of sp³-hybridized carbons (Fsp3) is 0.182. The largest absolute Gasteiger partial charge is 0.326 e. The maximum Gasteiger partial charge on any atom is 0.0819 e. The fourth-order valence-electron chi connectivity index (χ4n) is 1.45. The third kappa shape index (κ3) is 2.29. The number of rotatable bonds is 2. The molecule has 1 aromatic carbocycles. The molecule has 0 amide bonds. The number of nitrogens with zero attached hydrogens (tertiary/aromatic N) is 2. The molecule has 2 rings (SSSR count). The molecule has 0 spiro atoms. The van der Waals surface area contributed by atoms with Crippen LogP contribution >= 0.6 is 27.5 Å². The second kappa shape index (κ2) is 4.57. The predicted octanol–water partition coefficient (Wildman–Crippen LogP) is 3.06. The minimum atomic E-state index is 0.500. The van der Waals surface area contributed by atoms with E-state index in [2.05, 4.69) is 21.0 Å². The van der Waals surface area contributed by atoms with E-state index >= 15 is 0 Å². The standard InChI is InChI=1S/C11H11BrClN3/c1-7-11(13)6-16(15-7)10-3-8(5-14)2-9(12)4-10/h2-4,6H,5,14H2,1H3. The van der Waals surface area contributed by atoms with Gasteiger partial charge in [-0.1, -0.05) is 27.5 Å². The first-order valence-electron chi connectivity index (χ1n) is 4.82. The van der Waals surface area contributed by atoms with Crippen molar-refractivity contribution in [3.8, 4) is 5.69 Å². The first kappa shape index (κ1) is 11.6. The molecule has 0 fully saturated rings. The molecule has 84 valence electrons. The van der Waals surface area contributed by atoms with Gasteiger partial charge in [0.05, 0.1) is 16.4 Å². The number of aromatic nitrogens is 2. The number of halogens is 2. The van der Waals surface area contributed by atoms with Crippen molar-refractivity contribution in [3.05, 3.63) is 45.1 Å². The van der Waals surface area contributed by atoms with Crippen molar-refractivity contribution < 1.29 is 0 Å². The lowest BCUT2D eigenvalue weighted by molar-refractivity contribution is 0.858. The van der Waals surface area contributed by atoms with Gasteiger partial charge >= 0.3 is 0 Å². The van der Waals surface area contributed by atoms with Gasteiger partial charge < -0.3 is 5.73 Å². The van der Waals surface area contributed by atoms with Crippen LogP contribution in [-0.2, 0) is 6.54 Å². The molecule has 2 aromatic rings. The van der Waals surface area contributed by atoms with E-state index in [1.165, 1.54) is 0 Å². The average Bonchev–Trinajstić information content (AvgIpc) is 2.58. The van der Waals surface area contributed by atoms with Crippen molar-refractivity contribution in [3.63, 3.8) is 0 Å². The first-order chi connectivity index (χ1) is 7.60. The minimum absolute atomic E-state index is 0.500. The Morgan fingerprint density at radius 2 is 2.19 bits per heavy atom. The van der Waals surface area contributed by atoms with Crippen molar-refractivity contribution >= 4 is 27.5 Å². The van der Waals surface area contributed by atoms with Crippen LogP contribution in [0.2, 0.25) is 5.02 Å². The highest BCUT2D eigenvalue weighted by molar-refractivity contribution is 9.10. The SMILES string of the molecule is Cc1nn(-c2cc(Br)cc(CN)c2)cc1Cl. The van der Waals surface area contributed by atoms with Gasteiger partial charge in [0.1, 0.15) is 0 Å². The van der Waals surface area contributed by atoms with E-state index in [0.29, 0.717) is 11.6 Å². The van der Waals surface area contributed by atoms with Crippen molar-refractivity contribution in [2.75, 3.05) is 0 Å². The average molecular weight is 301 g/mol. The van der Waals surface area contributed by atoms with Gasteiger partial charge in [-0.3, -0.25) is 0 Å². The van der Waals surface area contributed by atoms with Crippen LogP contribution < -0.4 is 5.73 Å². The van der Waals surface area contributed by atoms with Crippen LogP contribution in [0.4, 0.5) is 0 Å². The Morgan fingerprint density at radius 3 is 2.75 bits per heavy atom. The molecule has 0 bridgehead atoms. The quantitative estimate of drug-likeness (QED) is 0.926. The van der Waals surface area contributed by atoms with Gasteiger partial charge in [-0.25, -0.2) is 4.68 Å². The monoisotopic (exact) mass is 299 g/mol. The molecule has 16 heavy (non-hydrogen) atoms. The van der Waals surface area contributed by atoms with Crippen LogP contribution in [0.25, 0.3) is 5.69 Å². The van der Waals surface area contributed by atoms with E-state index in [4.69, 9.17) is 17.3 Å². The van der Waals surface area contributed by atoms with Gasteiger partial charge in [-0.15, -0.1) is 0 Å². The zero-order valence-corrected chi connectivity index (χ0v) is 11.1. The van der Waals surface area contributed by atoms with Crippen LogP contribution in [0.1, 0.15) is 11.3 Å². The van der Waals surface area contributed by atoms with E-state index in [1.54, 1.807) is 10.9 Å². The summed E-state index contributed by atoms with van der Waals surface area (Å²) < 4.78 is 2.73. The summed E-state index contributed by atoms with van der Waals surface area (Å²) in [7, 11) is 0. The molecule has 3 nitrogen and oxygen atoms in total. The molecule has 0 aliphatic carbocycles. The van der Waals surface area contributed by atoms with Gasteiger partial charge in [0.2, 0.25) is 0 Å². The summed E-state index contributed by atoms with van der Waals surface area (Å²) in [4.78, 5) is 0. The summed E-state index contributed by atoms with van der Waals surface area (Å²) in [5.41, 5.74) is 8.44. The molecule has 0 saturated carbocycles. The van der Waals surface area contributed by atoms with Crippen LogP contribution in [0.5, 0.6) is 0 Å². The van der Waals surface area contributed by atoms with Gasteiger partial charge in [-0.05, 0) is 30.7 Å². The summed E-state index contributed by atoms with van der Waals surface area (Å²) in [6, 6.07) is 5.96. The maximum absolute atomic E-state index is 5.97.